The highest BCUT2D eigenvalue weighted by molar-refractivity contribution is 5.70. The van der Waals surface area contributed by atoms with Gasteiger partial charge in [-0.15, -0.1) is 0 Å². The molecule has 0 aromatic heterocycles. The Labute approximate surface area is 118 Å². The van der Waals surface area contributed by atoms with Gasteiger partial charge in [-0.05, 0) is 45.5 Å². The van der Waals surface area contributed by atoms with Crippen molar-refractivity contribution in [3.05, 3.63) is 29.8 Å². The van der Waals surface area contributed by atoms with Crippen LogP contribution in [0.4, 0.5) is 4.79 Å². The van der Waals surface area contributed by atoms with Gasteiger partial charge in [0.25, 0.3) is 0 Å². The summed E-state index contributed by atoms with van der Waals surface area (Å²) in [4.78, 5) is 13.6. The molecular formula is C14H22N2O2. The van der Waals surface area contributed by atoms with Crippen molar-refractivity contribution in [2.45, 2.75) is 19.9 Å². The number of nitrogens with zero attached hydrogens (tertiary/aromatic N) is 2. The van der Waals surface area contributed by atoms with Crippen LogP contribution in [0.3, 0.4) is 0 Å². The number of hydrogen-bond donors (Lipinski definition) is 0. The molecule has 0 N–H and O–H groups in total. The molecule has 0 heterocycles. The molecule has 18 heavy (non-hydrogen) atoms. The van der Waals surface area contributed by atoms with E-state index in [1.54, 1.807) is 32.2 Å². The van der Waals surface area contributed by atoms with Crippen molar-refractivity contribution < 1.29 is 17.8 Å². The summed E-state index contributed by atoms with van der Waals surface area (Å²) in [6, 6.07) is 5.27. The average Bonchev–Trinajstić information content (AvgIpc) is 2.43. The molecule has 4 heteroatoms. The number of ether oxygens (including phenoxy) is 1. The molecule has 1 rings (SSSR count). The van der Waals surface area contributed by atoms with Gasteiger partial charge < -0.3 is 14.5 Å². The first-order chi connectivity index (χ1) is 10.9. The van der Waals surface area contributed by atoms with Crippen molar-refractivity contribution in [1.29, 1.82) is 0 Å². The van der Waals surface area contributed by atoms with Gasteiger partial charge in [0.1, 0.15) is 5.75 Å². The van der Waals surface area contributed by atoms with Crippen molar-refractivity contribution in [2.24, 2.45) is 0 Å². The third-order valence-electron chi connectivity index (χ3n) is 2.72. The van der Waals surface area contributed by atoms with Gasteiger partial charge in [0.15, 0.2) is 0 Å². The minimum Gasteiger partial charge on any atom is -0.410 e. The summed E-state index contributed by atoms with van der Waals surface area (Å²) in [7, 11) is 1.58. The highest BCUT2D eigenvalue weighted by Crippen LogP contribution is 2.22. The minimum absolute atomic E-state index is 0.223. The second kappa shape index (κ2) is 6.40. The summed E-state index contributed by atoms with van der Waals surface area (Å²) in [5, 5.41) is 0. The third-order valence-corrected chi connectivity index (χ3v) is 2.72. The van der Waals surface area contributed by atoms with Gasteiger partial charge in [-0.1, -0.05) is 12.1 Å². The van der Waals surface area contributed by atoms with E-state index >= 15 is 0 Å². The van der Waals surface area contributed by atoms with E-state index in [0.29, 0.717) is 17.0 Å². The van der Waals surface area contributed by atoms with Crippen LogP contribution in [0, 0.1) is 0 Å². The lowest BCUT2D eigenvalue weighted by molar-refractivity contribution is 0.165. The summed E-state index contributed by atoms with van der Waals surface area (Å²) in [6.07, 6.45) is -0.550. The molecule has 0 radical (unpaired) electrons. The molecule has 1 aromatic rings. The predicted octanol–water partition coefficient (Wildman–Crippen LogP) is 2.76. The molecule has 0 saturated heterocycles. The predicted molar refractivity (Wildman–Crippen MR) is 72.9 cm³/mol. The maximum atomic E-state index is 11.8. The topological polar surface area (TPSA) is 32.8 Å². The molecule has 1 amide bonds. The Morgan fingerprint density at radius 3 is 2.83 bits per heavy atom. The SMILES string of the molecule is [2H]C([2H])([2H])N([C@@H](C)c1cccc(OC(=O)N(C)CC)c1)C([2H])([2H])[2H]. The van der Waals surface area contributed by atoms with Crippen molar-refractivity contribution in [3.63, 3.8) is 0 Å². The number of hydrogen-bond acceptors (Lipinski definition) is 3. The average molecular weight is 256 g/mol. The number of benzene rings is 1. The van der Waals surface area contributed by atoms with Gasteiger partial charge in [0.2, 0.25) is 0 Å². The zero-order valence-corrected chi connectivity index (χ0v) is 10.8. The first kappa shape index (κ1) is 7.79. The molecular weight excluding hydrogens is 228 g/mol. The van der Waals surface area contributed by atoms with E-state index in [2.05, 4.69) is 0 Å². The Balaban J connectivity index is 3.09. The Kier molecular flexibility index (Phi) is 2.77. The lowest BCUT2D eigenvalue weighted by Crippen LogP contribution is -2.29. The van der Waals surface area contributed by atoms with E-state index < -0.39 is 26.1 Å². The molecule has 100 valence electrons. The van der Waals surface area contributed by atoms with Crippen molar-refractivity contribution in [3.8, 4) is 5.75 Å². The molecule has 0 aliphatic heterocycles. The van der Waals surface area contributed by atoms with E-state index in [4.69, 9.17) is 13.0 Å². The van der Waals surface area contributed by atoms with Gasteiger partial charge in [0.05, 0.1) is 0 Å². The smallest absolute Gasteiger partial charge is 0.410 e. The number of amides is 1. The van der Waals surface area contributed by atoms with Gasteiger partial charge in [-0.3, -0.25) is 0 Å². The molecule has 4 nitrogen and oxygen atoms in total. The van der Waals surface area contributed by atoms with Gasteiger partial charge in [0, 0.05) is 27.9 Å². The van der Waals surface area contributed by atoms with Crippen molar-refractivity contribution in [1.82, 2.24) is 9.80 Å². The first-order valence-corrected chi connectivity index (χ1v) is 5.70. The molecule has 0 bridgehead atoms. The quantitative estimate of drug-likeness (QED) is 0.830. The number of rotatable bonds is 4. The Hall–Kier alpha value is -1.55. The van der Waals surface area contributed by atoms with Gasteiger partial charge >= 0.3 is 6.09 Å². The fraction of sp³-hybridized carbons (Fsp3) is 0.500. The Morgan fingerprint density at radius 1 is 1.50 bits per heavy atom. The van der Waals surface area contributed by atoms with E-state index in [9.17, 15) is 4.79 Å². The number of carbonyl (C=O) groups excluding carboxylic acids is 1. The molecule has 0 spiro atoms. The monoisotopic (exact) mass is 256 g/mol. The Bertz CT molecular complexity index is 559. The summed E-state index contributed by atoms with van der Waals surface area (Å²) in [5.41, 5.74) is 0.423. The lowest BCUT2D eigenvalue weighted by atomic mass is 10.1. The van der Waals surface area contributed by atoms with E-state index in [1.807, 2.05) is 0 Å². The van der Waals surface area contributed by atoms with Crippen LogP contribution in [0.1, 0.15) is 33.7 Å². The zero-order chi connectivity index (χ0) is 18.7. The molecule has 0 aliphatic rings. The largest absolute Gasteiger partial charge is 0.414 e. The summed E-state index contributed by atoms with van der Waals surface area (Å²) in [5.74, 6) is 0.223. The van der Waals surface area contributed by atoms with E-state index in [-0.39, 0.29) is 5.75 Å². The molecule has 0 aliphatic carbocycles. The highest BCUT2D eigenvalue weighted by Gasteiger charge is 2.12. The maximum Gasteiger partial charge on any atom is 0.414 e. The molecule has 0 saturated carbocycles. The second-order valence-corrected chi connectivity index (χ2v) is 4.00. The molecule has 1 aromatic carbocycles. The summed E-state index contributed by atoms with van der Waals surface area (Å²) in [6.45, 7) is -1.83. The van der Waals surface area contributed by atoms with Gasteiger partial charge in [-0.2, -0.15) is 0 Å². The molecule has 0 unspecified atom stereocenters. The van der Waals surface area contributed by atoms with Crippen LogP contribution in [-0.4, -0.2) is 43.4 Å². The van der Waals surface area contributed by atoms with E-state index in [0.717, 1.165) is 0 Å². The maximum absolute atomic E-state index is 11.8. The van der Waals surface area contributed by atoms with Gasteiger partial charge in [-0.25, -0.2) is 4.79 Å². The highest BCUT2D eigenvalue weighted by atomic mass is 16.6. The van der Waals surface area contributed by atoms with Crippen LogP contribution in [0.5, 0.6) is 5.75 Å². The molecule has 0 fully saturated rings. The number of carbonyl (C=O) groups is 1. The zero-order valence-electron chi connectivity index (χ0n) is 16.8. The minimum atomic E-state index is -2.79. The van der Waals surface area contributed by atoms with Crippen LogP contribution in [0.25, 0.3) is 0 Å². The van der Waals surface area contributed by atoms with Crippen LogP contribution in [0.2, 0.25) is 0 Å². The van der Waals surface area contributed by atoms with Crippen molar-refractivity contribution in [2.75, 3.05) is 27.5 Å². The Morgan fingerprint density at radius 2 is 2.22 bits per heavy atom. The third kappa shape index (κ3) is 3.74. The summed E-state index contributed by atoms with van der Waals surface area (Å²) >= 11 is 0. The summed E-state index contributed by atoms with van der Waals surface area (Å²) < 4.78 is 50.1. The normalized spacial score (nSPS) is 18.7. The van der Waals surface area contributed by atoms with E-state index in [1.165, 1.54) is 17.9 Å². The van der Waals surface area contributed by atoms with Crippen LogP contribution in [-0.2, 0) is 0 Å². The second-order valence-electron chi connectivity index (χ2n) is 4.00. The van der Waals surface area contributed by atoms with Crippen molar-refractivity contribution >= 4 is 6.09 Å². The fourth-order valence-corrected chi connectivity index (χ4v) is 1.29. The fourth-order valence-electron chi connectivity index (χ4n) is 1.29. The lowest BCUT2D eigenvalue weighted by Gasteiger charge is -2.21. The van der Waals surface area contributed by atoms with Crippen LogP contribution in [0.15, 0.2) is 24.3 Å². The standard InChI is InChI=1S/C14H22N2O2/c1-6-16(5)14(17)18-13-9-7-8-12(10-13)11(2)15(3)4/h7-11H,6H2,1-5H3/t11-/m0/s1/i3D3,4D3. The first-order valence-electron chi connectivity index (χ1n) is 8.70. The molecule has 1 atom stereocenters. The van der Waals surface area contributed by atoms with Crippen LogP contribution < -0.4 is 4.74 Å². The van der Waals surface area contributed by atoms with Crippen LogP contribution >= 0.6 is 0 Å².